The third-order valence-electron chi connectivity index (χ3n) is 4.11. The summed E-state index contributed by atoms with van der Waals surface area (Å²) >= 11 is 0. The molecule has 2 heterocycles. The summed E-state index contributed by atoms with van der Waals surface area (Å²) in [5, 5.41) is 9.00. The van der Waals surface area contributed by atoms with Crippen LogP contribution in [0, 0.1) is 11.8 Å². The van der Waals surface area contributed by atoms with Gasteiger partial charge in [0.25, 0.3) is 5.56 Å². The van der Waals surface area contributed by atoms with Gasteiger partial charge in [-0.3, -0.25) is 9.59 Å². The van der Waals surface area contributed by atoms with Crippen LogP contribution in [-0.4, -0.2) is 32.0 Å². The van der Waals surface area contributed by atoms with Crippen molar-refractivity contribution in [2.24, 2.45) is 11.8 Å². The lowest BCUT2D eigenvalue weighted by atomic mass is 10.1. The van der Waals surface area contributed by atoms with Crippen LogP contribution in [-0.2, 0) is 22.5 Å². The molecule has 1 fully saturated rings. The molecule has 0 spiro atoms. The molecular weight excluding hydrogens is 320 g/mol. The number of carbonyl (C=O) groups excluding carboxylic acids is 1. The smallest absolute Gasteiger partial charge is 0.327 e. The predicted molar refractivity (Wildman–Crippen MR) is 93.6 cm³/mol. The maximum Gasteiger partial charge on any atom is 0.327 e. The minimum Gasteiger partial charge on any atom is -0.464 e. The van der Waals surface area contributed by atoms with Gasteiger partial charge in [-0.05, 0) is 30.7 Å². The highest BCUT2D eigenvalue weighted by atomic mass is 16.5. The third-order valence-corrected chi connectivity index (χ3v) is 4.11. The first-order valence-corrected chi connectivity index (χ1v) is 9.00. The summed E-state index contributed by atoms with van der Waals surface area (Å²) in [6, 6.07) is 1.85. The molecule has 136 valence electrons. The summed E-state index contributed by atoms with van der Waals surface area (Å²) < 4.78 is 8.06. The molecule has 7 heteroatoms. The Balaban J connectivity index is 1.95. The van der Waals surface area contributed by atoms with Crippen molar-refractivity contribution in [3.05, 3.63) is 27.9 Å². The number of hydrogen-bond acceptors (Lipinski definition) is 5. The summed E-state index contributed by atoms with van der Waals surface area (Å²) in [5.41, 5.74) is 1.14. The van der Waals surface area contributed by atoms with E-state index in [1.54, 1.807) is 4.52 Å². The van der Waals surface area contributed by atoms with Gasteiger partial charge in [0, 0.05) is 12.3 Å². The van der Waals surface area contributed by atoms with Crippen LogP contribution in [0.4, 0.5) is 0 Å². The molecular formula is C18H26N4O3. The molecule has 1 aliphatic carbocycles. The zero-order chi connectivity index (χ0) is 18.1. The van der Waals surface area contributed by atoms with E-state index in [1.807, 2.05) is 19.9 Å². The van der Waals surface area contributed by atoms with E-state index in [4.69, 9.17) is 4.74 Å². The van der Waals surface area contributed by atoms with Crippen LogP contribution >= 0.6 is 0 Å². The van der Waals surface area contributed by atoms with Crippen LogP contribution in [0.25, 0.3) is 5.52 Å². The van der Waals surface area contributed by atoms with Crippen molar-refractivity contribution in [2.45, 2.75) is 59.4 Å². The number of carbonyl (C=O) groups is 1. The lowest BCUT2D eigenvalue weighted by Gasteiger charge is -2.11. The Morgan fingerprint density at radius 3 is 2.56 bits per heavy atom. The highest BCUT2D eigenvalue weighted by Gasteiger charge is 2.28. The summed E-state index contributed by atoms with van der Waals surface area (Å²) in [6.07, 6.45) is 2.92. The fraction of sp³-hybridized carbons (Fsp3) is 0.667. The molecule has 1 saturated carbocycles. The second-order valence-corrected chi connectivity index (χ2v) is 7.69. The highest BCUT2D eigenvalue weighted by molar-refractivity contribution is 5.69. The van der Waals surface area contributed by atoms with Gasteiger partial charge in [-0.2, -0.15) is 10.2 Å². The minimum atomic E-state index is -0.440. The maximum atomic E-state index is 12.7. The Morgan fingerprint density at radius 2 is 1.96 bits per heavy atom. The number of aromatic nitrogens is 4. The zero-order valence-electron chi connectivity index (χ0n) is 15.4. The van der Waals surface area contributed by atoms with Crippen LogP contribution in [0.1, 0.15) is 58.0 Å². The van der Waals surface area contributed by atoms with E-state index in [1.165, 1.54) is 4.68 Å². The van der Waals surface area contributed by atoms with Gasteiger partial charge in [-0.15, -0.1) is 0 Å². The van der Waals surface area contributed by atoms with Gasteiger partial charge in [0.1, 0.15) is 12.1 Å². The molecule has 25 heavy (non-hydrogen) atoms. The molecule has 0 aromatic carbocycles. The highest BCUT2D eigenvalue weighted by Crippen LogP contribution is 2.39. The molecule has 0 N–H and O–H groups in total. The van der Waals surface area contributed by atoms with Crippen molar-refractivity contribution >= 4 is 11.5 Å². The number of ether oxygens (including phenoxy) is 1. The fourth-order valence-electron chi connectivity index (χ4n) is 2.71. The van der Waals surface area contributed by atoms with Crippen LogP contribution < -0.4 is 5.56 Å². The van der Waals surface area contributed by atoms with Crippen molar-refractivity contribution in [1.82, 2.24) is 19.4 Å². The van der Waals surface area contributed by atoms with E-state index in [0.717, 1.165) is 18.5 Å². The molecule has 2 aromatic rings. The molecule has 0 aliphatic heterocycles. The van der Waals surface area contributed by atoms with E-state index >= 15 is 0 Å². The first kappa shape index (κ1) is 17.6. The molecule has 0 unspecified atom stereocenters. The predicted octanol–water partition coefficient (Wildman–Crippen LogP) is 2.17. The van der Waals surface area contributed by atoms with Crippen LogP contribution in [0.5, 0.6) is 0 Å². The number of hydrogen-bond donors (Lipinski definition) is 0. The van der Waals surface area contributed by atoms with Crippen molar-refractivity contribution in [1.29, 1.82) is 0 Å². The van der Waals surface area contributed by atoms with Crippen molar-refractivity contribution in [3.63, 3.8) is 0 Å². The molecule has 2 aromatic heterocycles. The normalized spacial score (nSPS) is 14.6. The molecule has 3 rings (SSSR count). The Morgan fingerprint density at radius 1 is 1.24 bits per heavy atom. The van der Waals surface area contributed by atoms with Gasteiger partial charge in [-0.1, -0.05) is 27.7 Å². The van der Waals surface area contributed by atoms with Crippen molar-refractivity contribution < 1.29 is 9.53 Å². The van der Waals surface area contributed by atoms with E-state index in [9.17, 15) is 9.59 Å². The molecule has 0 amide bonds. The van der Waals surface area contributed by atoms with Crippen LogP contribution in [0.3, 0.4) is 0 Å². The van der Waals surface area contributed by atoms with E-state index in [2.05, 4.69) is 24.0 Å². The maximum absolute atomic E-state index is 12.7. The largest absolute Gasteiger partial charge is 0.464 e. The molecule has 0 radical (unpaired) electrons. The monoisotopic (exact) mass is 346 g/mol. The van der Waals surface area contributed by atoms with E-state index in [-0.39, 0.29) is 18.0 Å². The average Bonchev–Trinajstić information content (AvgIpc) is 3.28. The Bertz CT molecular complexity index is 831. The van der Waals surface area contributed by atoms with E-state index in [0.29, 0.717) is 36.2 Å². The zero-order valence-corrected chi connectivity index (χ0v) is 15.4. The lowest BCUT2D eigenvalue weighted by molar-refractivity contribution is -0.145. The molecule has 7 nitrogen and oxygen atoms in total. The van der Waals surface area contributed by atoms with Gasteiger partial charge in [0.05, 0.1) is 12.3 Å². The van der Waals surface area contributed by atoms with Gasteiger partial charge in [0.15, 0.2) is 5.82 Å². The quantitative estimate of drug-likeness (QED) is 0.718. The van der Waals surface area contributed by atoms with E-state index < -0.39 is 5.97 Å². The second-order valence-electron chi connectivity index (χ2n) is 7.69. The summed E-state index contributed by atoms with van der Waals surface area (Å²) in [6.45, 7) is 8.28. The van der Waals surface area contributed by atoms with Gasteiger partial charge in [-0.25, -0.2) is 9.20 Å². The summed E-state index contributed by atoms with van der Waals surface area (Å²) in [4.78, 5) is 24.7. The molecule has 0 atom stereocenters. The number of esters is 1. The van der Waals surface area contributed by atoms with Crippen LogP contribution in [0.15, 0.2) is 10.9 Å². The average molecular weight is 346 g/mol. The standard InChI is InChI=1S/C18H26N4O3/c1-11(2)7-16-20-21(9-17(23)25-10-12(3)4)18(24)15-8-14(13-5-6-13)19-22(15)16/h8,11-13H,5-7,9-10H2,1-4H3. The van der Waals surface area contributed by atoms with Gasteiger partial charge >= 0.3 is 5.97 Å². The fourth-order valence-corrected chi connectivity index (χ4v) is 2.71. The van der Waals surface area contributed by atoms with Gasteiger partial charge < -0.3 is 4.74 Å². The molecule has 1 aliphatic rings. The second kappa shape index (κ2) is 6.98. The Kier molecular flexibility index (Phi) is 4.92. The Labute approximate surface area is 147 Å². The third kappa shape index (κ3) is 4.08. The minimum absolute atomic E-state index is 0.170. The topological polar surface area (TPSA) is 78.5 Å². The summed E-state index contributed by atoms with van der Waals surface area (Å²) in [7, 11) is 0. The van der Waals surface area contributed by atoms with Gasteiger partial charge in [0.2, 0.25) is 0 Å². The Hall–Kier alpha value is -2.18. The molecule has 0 saturated heterocycles. The first-order chi connectivity index (χ1) is 11.8. The summed E-state index contributed by atoms with van der Waals surface area (Å²) in [5.74, 6) is 1.33. The van der Waals surface area contributed by atoms with Crippen molar-refractivity contribution in [3.8, 4) is 0 Å². The molecule has 0 bridgehead atoms. The van der Waals surface area contributed by atoms with Crippen molar-refractivity contribution in [2.75, 3.05) is 6.61 Å². The first-order valence-electron chi connectivity index (χ1n) is 9.00. The number of fused-ring (bicyclic) bond motifs is 1. The number of nitrogens with zero attached hydrogens (tertiary/aromatic N) is 4. The lowest BCUT2D eigenvalue weighted by Crippen LogP contribution is -2.31. The SMILES string of the molecule is CC(C)COC(=O)Cn1nc(CC(C)C)n2nc(C3CC3)cc2c1=O. The number of rotatable bonds is 7. The van der Waals surface area contributed by atoms with Crippen LogP contribution in [0.2, 0.25) is 0 Å².